The number of aromatic amines is 1. The van der Waals surface area contributed by atoms with Crippen LogP contribution in [0.5, 0.6) is 0 Å². The fourth-order valence-electron chi connectivity index (χ4n) is 5.46. The van der Waals surface area contributed by atoms with Crippen molar-refractivity contribution in [2.75, 3.05) is 39.3 Å². The molecule has 0 spiro atoms. The highest BCUT2D eigenvalue weighted by atomic mass is 35.5. The van der Waals surface area contributed by atoms with Crippen molar-refractivity contribution in [2.24, 2.45) is 5.92 Å². The van der Waals surface area contributed by atoms with E-state index in [0.29, 0.717) is 12.0 Å². The molecule has 0 radical (unpaired) electrons. The molecule has 2 aromatic rings. The van der Waals surface area contributed by atoms with Crippen LogP contribution in [0.4, 0.5) is 0 Å². The van der Waals surface area contributed by atoms with E-state index in [4.69, 9.17) is 11.6 Å². The van der Waals surface area contributed by atoms with Gasteiger partial charge in [-0.15, -0.1) is 0 Å². The Balaban J connectivity index is 1.49. The number of hydrogen-bond donors (Lipinski definition) is 2. The zero-order chi connectivity index (χ0) is 17.7. The van der Waals surface area contributed by atoms with Gasteiger partial charge < -0.3 is 15.1 Å². The Morgan fingerprint density at radius 2 is 1.88 bits per heavy atom. The van der Waals surface area contributed by atoms with Crippen molar-refractivity contribution in [3.05, 3.63) is 52.3 Å². The average Bonchev–Trinajstić information content (AvgIpc) is 2.81. The monoisotopic (exact) mass is 371 g/mol. The van der Waals surface area contributed by atoms with Crippen molar-refractivity contribution in [3.63, 3.8) is 0 Å². The predicted molar refractivity (Wildman–Crippen MR) is 103 cm³/mol. The molecule has 3 unspecified atom stereocenters. The lowest BCUT2D eigenvalue weighted by Crippen LogP contribution is -2.69. The molecule has 138 valence electrons. The van der Waals surface area contributed by atoms with Crippen LogP contribution in [-0.4, -0.2) is 65.3 Å². The summed E-state index contributed by atoms with van der Waals surface area (Å²) in [6, 6.07) is 11.6. The van der Waals surface area contributed by atoms with Crippen molar-refractivity contribution < 1.29 is 0 Å². The molecular formula is C20H26ClN5. The maximum absolute atomic E-state index is 6.40. The molecule has 4 bridgehead atoms. The lowest BCUT2D eigenvalue weighted by atomic mass is 9.64. The molecule has 4 saturated heterocycles. The first-order valence-corrected chi connectivity index (χ1v) is 9.96. The molecule has 6 heteroatoms. The second kappa shape index (κ2) is 6.34. The van der Waals surface area contributed by atoms with E-state index < -0.39 is 0 Å². The van der Waals surface area contributed by atoms with Gasteiger partial charge in [0, 0.05) is 63.2 Å². The molecule has 5 heterocycles. The lowest BCUT2D eigenvalue weighted by Gasteiger charge is -2.56. The zero-order valence-electron chi connectivity index (χ0n) is 15.2. The zero-order valence-corrected chi connectivity index (χ0v) is 16.0. The maximum Gasteiger partial charge on any atom is 0.0948 e. The highest BCUT2D eigenvalue weighted by Gasteiger charge is 2.54. The predicted octanol–water partition coefficient (Wildman–Crippen LogP) is 2.03. The first-order valence-electron chi connectivity index (χ1n) is 9.59. The fraction of sp³-hybridized carbons (Fsp3) is 0.550. The largest absolute Gasteiger partial charge is 0.307 e. The Kier molecular flexibility index (Phi) is 4.09. The number of aryl methyl sites for hydroxylation is 1. The second-order valence-corrected chi connectivity index (χ2v) is 8.60. The minimum atomic E-state index is 0.136. The van der Waals surface area contributed by atoms with Gasteiger partial charge in [-0.25, -0.2) is 0 Å². The van der Waals surface area contributed by atoms with Crippen molar-refractivity contribution in [2.45, 2.75) is 24.9 Å². The number of nitrogens with zero attached hydrogens (tertiary/aromatic N) is 3. The molecule has 1 aromatic carbocycles. The van der Waals surface area contributed by atoms with Gasteiger partial charge in [0.05, 0.1) is 16.4 Å². The van der Waals surface area contributed by atoms with E-state index in [0.717, 1.165) is 36.0 Å². The van der Waals surface area contributed by atoms with Gasteiger partial charge >= 0.3 is 0 Å². The molecule has 0 amide bonds. The summed E-state index contributed by atoms with van der Waals surface area (Å²) in [4.78, 5) is 5.35. The molecule has 2 N–H and O–H groups in total. The van der Waals surface area contributed by atoms with Crippen molar-refractivity contribution in [1.29, 1.82) is 0 Å². The second-order valence-electron chi connectivity index (χ2n) is 8.22. The van der Waals surface area contributed by atoms with Crippen LogP contribution in [0.1, 0.15) is 17.0 Å². The van der Waals surface area contributed by atoms with Crippen LogP contribution in [-0.2, 0) is 12.0 Å². The molecule has 4 aliphatic heterocycles. The highest BCUT2D eigenvalue weighted by Crippen LogP contribution is 2.43. The van der Waals surface area contributed by atoms with Crippen LogP contribution in [0.3, 0.4) is 0 Å². The summed E-state index contributed by atoms with van der Waals surface area (Å²) in [6.45, 7) is 9.73. The van der Waals surface area contributed by atoms with Crippen molar-refractivity contribution in [3.8, 4) is 0 Å². The number of benzene rings is 1. The van der Waals surface area contributed by atoms with Crippen LogP contribution < -0.4 is 5.32 Å². The SMILES string of the molecule is Cc1[nH]nc(CNC2C3CN4CCN(C3)CC2(c2ccccc2)C4)c1Cl. The van der Waals surface area contributed by atoms with E-state index in [1.807, 2.05) is 6.92 Å². The smallest absolute Gasteiger partial charge is 0.0948 e. The number of halogens is 1. The van der Waals surface area contributed by atoms with E-state index in [9.17, 15) is 0 Å². The van der Waals surface area contributed by atoms with Gasteiger partial charge in [0.25, 0.3) is 0 Å². The standard InChI is InChI=1S/C20H26ClN5/c1-14-18(21)17(24-23-14)9-22-19-15-10-25-7-8-26(11-15)13-20(19,12-25)16-5-3-2-4-6-16/h2-6,15,19,22H,7-13H2,1H3,(H,23,24). The van der Waals surface area contributed by atoms with E-state index in [1.54, 1.807) is 0 Å². The Hall–Kier alpha value is -1.40. The van der Waals surface area contributed by atoms with E-state index >= 15 is 0 Å². The lowest BCUT2D eigenvalue weighted by molar-refractivity contribution is 0.0173. The van der Waals surface area contributed by atoms with Gasteiger partial charge in [0.1, 0.15) is 0 Å². The topological polar surface area (TPSA) is 47.2 Å². The van der Waals surface area contributed by atoms with Crippen molar-refractivity contribution >= 4 is 11.6 Å². The molecular weight excluding hydrogens is 346 g/mol. The quantitative estimate of drug-likeness (QED) is 0.863. The summed E-state index contributed by atoms with van der Waals surface area (Å²) in [5, 5.41) is 12.0. The minimum absolute atomic E-state index is 0.136. The summed E-state index contributed by atoms with van der Waals surface area (Å²) in [5.41, 5.74) is 3.47. The molecule has 26 heavy (non-hydrogen) atoms. The van der Waals surface area contributed by atoms with Gasteiger partial charge in [0.15, 0.2) is 0 Å². The number of fused-ring (bicyclic) bond motifs is 1. The van der Waals surface area contributed by atoms with Crippen LogP contribution in [0.25, 0.3) is 0 Å². The molecule has 4 aliphatic rings. The number of nitrogens with one attached hydrogen (secondary N) is 2. The van der Waals surface area contributed by atoms with Gasteiger partial charge in [-0.3, -0.25) is 5.10 Å². The minimum Gasteiger partial charge on any atom is -0.307 e. The molecule has 6 rings (SSSR count). The van der Waals surface area contributed by atoms with Gasteiger partial charge in [-0.1, -0.05) is 41.9 Å². The third kappa shape index (κ3) is 2.61. The van der Waals surface area contributed by atoms with Crippen LogP contribution in [0.2, 0.25) is 5.02 Å². The molecule has 5 nitrogen and oxygen atoms in total. The summed E-state index contributed by atoms with van der Waals surface area (Å²) in [7, 11) is 0. The molecule has 3 atom stereocenters. The Bertz CT molecular complexity index is 773. The van der Waals surface area contributed by atoms with E-state index in [1.165, 1.54) is 31.7 Å². The number of rotatable bonds is 4. The Labute approximate surface area is 159 Å². The normalized spacial score (nSPS) is 35.6. The summed E-state index contributed by atoms with van der Waals surface area (Å²) < 4.78 is 0. The van der Waals surface area contributed by atoms with Crippen LogP contribution in [0, 0.1) is 12.8 Å². The molecule has 4 fully saturated rings. The number of piperidine rings is 2. The fourth-order valence-corrected chi connectivity index (χ4v) is 5.62. The maximum atomic E-state index is 6.40. The number of hydrogen-bond acceptors (Lipinski definition) is 4. The van der Waals surface area contributed by atoms with Gasteiger partial charge in [-0.05, 0) is 12.5 Å². The third-order valence-electron chi connectivity index (χ3n) is 6.58. The van der Waals surface area contributed by atoms with E-state index in [-0.39, 0.29) is 5.41 Å². The number of H-pyrrole nitrogens is 1. The first-order chi connectivity index (χ1) is 12.7. The average molecular weight is 372 g/mol. The molecule has 1 aromatic heterocycles. The van der Waals surface area contributed by atoms with Crippen molar-refractivity contribution in [1.82, 2.24) is 25.3 Å². The molecule has 0 aliphatic carbocycles. The summed E-state index contributed by atoms with van der Waals surface area (Å²) >= 11 is 6.40. The number of aromatic nitrogens is 2. The molecule has 0 saturated carbocycles. The van der Waals surface area contributed by atoms with Crippen LogP contribution >= 0.6 is 11.6 Å². The Morgan fingerprint density at radius 1 is 1.19 bits per heavy atom. The summed E-state index contributed by atoms with van der Waals surface area (Å²) in [6.07, 6.45) is 0. The first kappa shape index (κ1) is 16.8. The third-order valence-corrected chi connectivity index (χ3v) is 7.08. The van der Waals surface area contributed by atoms with Gasteiger partial charge in [0.2, 0.25) is 0 Å². The highest BCUT2D eigenvalue weighted by molar-refractivity contribution is 6.31. The Morgan fingerprint density at radius 3 is 2.50 bits per heavy atom. The van der Waals surface area contributed by atoms with Gasteiger partial charge in [-0.2, -0.15) is 5.10 Å². The summed E-state index contributed by atoms with van der Waals surface area (Å²) in [5.74, 6) is 0.638. The van der Waals surface area contributed by atoms with E-state index in [2.05, 4.69) is 55.6 Å². The van der Waals surface area contributed by atoms with Crippen LogP contribution in [0.15, 0.2) is 30.3 Å².